The summed E-state index contributed by atoms with van der Waals surface area (Å²) >= 11 is 0. The zero-order valence-electron chi connectivity index (χ0n) is 15.4. The first-order valence-corrected chi connectivity index (χ1v) is 8.19. The lowest BCUT2D eigenvalue weighted by Gasteiger charge is -2.16. The van der Waals surface area contributed by atoms with Gasteiger partial charge in [-0.3, -0.25) is 4.99 Å². The number of nitrogens with one attached hydrogen (secondary N) is 2. The normalized spacial score (nSPS) is 12.0. The number of aliphatic imine (C=N–C) groups is 1. The van der Waals surface area contributed by atoms with Crippen molar-refractivity contribution in [2.45, 2.75) is 26.3 Å². The molecule has 9 heteroatoms. The molecule has 0 aromatic heterocycles. The van der Waals surface area contributed by atoms with Crippen molar-refractivity contribution in [3.8, 4) is 0 Å². The number of halogens is 4. The van der Waals surface area contributed by atoms with Gasteiger partial charge in [0.05, 0.1) is 6.61 Å². The maximum Gasteiger partial charge on any atom is 0.411 e. The standard InChI is InChI=1S/C17H27F3N4O.HI/c1-4-24(3)10-9-22-16(21-2)23-11-14-5-7-15(8-6-14)12-25-13-17(18,19)20;/h5-8H,4,9-13H2,1-3H3,(H2,21,22,23);1H. The molecule has 0 fully saturated rings. The summed E-state index contributed by atoms with van der Waals surface area (Å²) in [5, 5.41) is 6.43. The Hall–Kier alpha value is -1.07. The van der Waals surface area contributed by atoms with Gasteiger partial charge in [0.1, 0.15) is 6.61 Å². The minimum atomic E-state index is -4.29. The van der Waals surface area contributed by atoms with Gasteiger partial charge in [0.25, 0.3) is 0 Å². The quantitative estimate of drug-likeness (QED) is 0.319. The monoisotopic (exact) mass is 488 g/mol. The summed E-state index contributed by atoms with van der Waals surface area (Å²) in [7, 11) is 3.76. The van der Waals surface area contributed by atoms with E-state index < -0.39 is 12.8 Å². The third kappa shape index (κ3) is 11.5. The Morgan fingerprint density at radius 3 is 2.31 bits per heavy atom. The summed E-state index contributed by atoms with van der Waals surface area (Å²) < 4.78 is 40.7. The minimum Gasteiger partial charge on any atom is -0.367 e. The van der Waals surface area contributed by atoms with E-state index in [9.17, 15) is 13.2 Å². The van der Waals surface area contributed by atoms with E-state index in [4.69, 9.17) is 0 Å². The van der Waals surface area contributed by atoms with Gasteiger partial charge in [0, 0.05) is 26.7 Å². The Labute approximate surface area is 170 Å². The first-order chi connectivity index (χ1) is 11.8. The molecule has 150 valence electrons. The molecule has 0 saturated carbocycles. The first kappa shape index (κ1) is 24.9. The van der Waals surface area contributed by atoms with E-state index >= 15 is 0 Å². The topological polar surface area (TPSA) is 48.9 Å². The third-order valence-corrected chi connectivity index (χ3v) is 3.57. The van der Waals surface area contributed by atoms with Crippen LogP contribution in [0.1, 0.15) is 18.1 Å². The highest BCUT2D eigenvalue weighted by molar-refractivity contribution is 14.0. The van der Waals surface area contributed by atoms with Crippen molar-refractivity contribution in [3.05, 3.63) is 35.4 Å². The summed E-state index contributed by atoms with van der Waals surface area (Å²) in [6, 6.07) is 7.24. The van der Waals surface area contributed by atoms with Gasteiger partial charge >= 0.3 is 6.18 Å². The van der Waals surface area contributed by atoms with Crippen LogP contribution in [0.5, 0.6) is 0 Å². The molecule has 0 atom stereocenters. The molecule has 0 radical (unpaired) electrons. The van der Waals surface area contributed by atoms with Crippen molar-refractivity contribution in [2.24, 2.45) is 4.99 Å². The van der Waals surface area contributed by atoms with Gasteiger partial charge in [0.15, 0.2) is 5.96 Å². The van der Waals surface area contributed by atoms with Crippen LogP contribution in [-0.4, -0.2) is 57.4 Å². The Kier molecular flexibility index (Phi) is 12.6. The molecule has 0 spiro atoms. The molecular weight excluding hydrogens is 460 g/mol. The number of guanidine groups is 1. The van der Waals surface area contributed by atoms with Crippen LogP contribution in [-0.2, 0) is 17.9 Å². The van der Waals surface area contributed by atoms with E-state index in [0.29, 0.717) is 18.1 Å². The van der Waals surface area contributed by atoms with E-state index in [1.165, 1.54) is 0 Å². The molecule has 0 bridgehead atoms. The molecule has 0 aliphatic heterocycles. The maximum absolute atomic E-state index is 12.0. The number of ether oxygens (including phenoxy) is 1. The third-order valence-electron chi connectivity index (χ3n) is 3.57. The largest absolute Gasteiger partial charge is 0.411 e. The van der Waals surface area contributed by atoms with Crippen molar-refractivity contribution in [2.75, 3.05) is 40.3 Å². The lowest BCUT2D eigenvalue weighted by atomic mass is 10.1. The van der Waals surface area contributed by atoms with Gasteiger partial charge in [-0.15, -0.1) is 24.0 Å². The van der Waals surface area contributed by atoms with E-state index in [0.717, 1.165) is 25.2 Å². The molecule has 1 aromatic carbocycles. The summed E-state index contributed by atoms with van der Waals surface area (Å²) in [6.45, 7) is 4.10. The molecular formula is C17H28F3IN4O. The first-order valence-electron chi connectivity index (χ1n) is 8.19. The maximum atomic E-state index is 12.0. The Morgan fingerprint density at radius 1 is 1.15 bits per heavy atom. The predicted octanol–water partition coefficient (Wildman–Crippen LogP) is 3.00. The van der Waals surface area contributed by atoms with Gasteiger partial charge in [-0.1, -0.05) is 31.2 Å². The molecule has 1 aromatic rings. The van der Waals surface area contributed by atoms with E-state index in [1.807, 2.05) is 12.1 Å². The van der Waals surface area contributed by atoms with Crippen molar-refractivity contribution in [1.82, 2.24) is 15.5 Å². The Balaban J connectivity index is 0.00000625. The molecule has 0 amide bonds. The highest BCUT2D eigenvalue weighted by atomic mass is 127. The molecule has 0 unspecified atom stereocenters. The Morgan fingerprint density at radius 2 is 1.77 bits per heavy atom. The van der Waals surface area contributed by atoms with Gasteiger partial charge in [-0.2, -0.15) is 13.2 Å². The smallest absolute Gasteiger partial charge is 0.367 e. The van der Waals surface area contributed by atoms with Crippen molar-refractivity contribution in [1.29, 1.82) is 0 Å². The van der Waals surface area contributed by atoms with Crippen LogP contribution < -0.4 is 10.6 Å². The molecule has 0 aliphatic rings. The van der Waals surface area contributed by atoms with Crippen LogP contribution in [0.4, 0.5) is 13.2 Å². The zero-order valence-corrected chi connectivity index (χ0v) is 17.7. The van der Waals surface area contributed by atoms with Crippen LogP contribution >= 0.6 is 24.0 Å². The summed E-state index contributed by atoms with van der Waals surface area (Å²) in [5.41, 5.74) is 1.71. The number of likely N-dealkylation sites (N-methyl/N-ethyl adjacent to an activating group) is 1. The number of alkyl halides is 3. The predicted molar refractivity (Wildman–Crippen MR) is 109 cm³/mol. The molecule has 5 nitrogen and oxygen atoms in total. The van der Waals surface area contributed by atoms with E-state index in [-0.39, 0.29) is 30.6 Å². The van der Waals surface area contributed by atoms with Crippen LogP contribution in [0.25, 0.3) is 0 Å². The number of benzene rings is 1. The van der Waals surface area contributed by atoms with Crippen LogP contribution in [0.2, 0.25) is 0 Å². The highest BCUT2D eigenvalue weighted by Gasteiger charge is 2.27. The summed E-state index contributed by atoms with van der Waals surface area (Å²) in [6.07, 6.45) is -4.29. The molecule has 2 N–H and O–H groups in total. The van der Waals surface area contributed by atoms with E-state index in [2.05, 4.69) is 39.2 Å². The summed E-state index contributed by atoms with van der Waals surface area (Å²) in [4.78, 5) is 6.35. The lowest BCUT2D eigenvalue weighted by molar-refractivity contribution is -0.176. The van der Waals surface area contributed by atoms with Crippen molar-refractivity contribution in [3.63, 3.8) is 0 Å². The van der Waals surface area contributed by atoms with Gasteiger partial charge < -0.3 is 20.3 Å². The Bertz CT molecular complexity index is 524. The van der Waals surface area contributed by atoms with Crippen LogP contribution in [0.3, 0.4) is 0 Å². The molecule has 0 saturated heterocycles. The van der Waals surface area contributed by atoms with Gasteiger partial charge in [-0.05, 0) is 24.7 Å². The lowest BCUT2D eigenvalue weighted by Crippen LogP contribution is -2.40. The molecule has 26 heavy (non-hydrogen) atoms. The summed E-state index contributed by atoms with van der Waals surface area (Å²) in [5.74, 6) is 0.710. The van der Waals surface area contributed by atoms with Gasteiger partial charge in [0.2, 0.25) is 0 Å². The number of hydrogen-bond donors (Lipinski definition) is 2. The van der Waals surface area contributed by atoms with Crippen LogP contribution in [0.15, 0.2) is 29.3 Å². The number of nitrogens with zero attached hydrogens (tertiary/aromatic N) is 2. The fraction of sp³-hybridized carbons (Fsp3) is 0.588. The molecule has 0 heterocycles. The average Bonchev–Trinajstić information content (AvgIpc) is 2.57. The second-order valence-corrected chi connectivity index (χ2v) is 5.67. The fourth-order valence-corrected chi connectivity index (χ4v) is 1.97. The fourth-order valence-electron chi connectivity index (χ4n) is 1.97. The van der Waals surface area contributed by atoms with Gasteiger partial charge in [-0.25, -0.2) is 0 Å². The average molecular weight is 488 g/mol. The molecule has 1 rings (SSSR count). The van der Waals surface area contributed by atoms with Crippen molar-refractivity contribution >= 4 is 29.9 Å². The van der Waals surface area contributed by atoms with Crippen molar-refractivity contribution < 1.29 is 17.9 Å². The number of rotatable bonds is 9. The second kappa shape index (κ2) is 13.2. The minimum absolute atomic E-state index is 0. The van der Waals surface area contributed by atoms with Crippen LogP contribution in [0, 0.1) is 0 Å². The van der Waals surface area contributed by atoms with E-state index in [1.54, 1.807) is 19.2 Å². The second-order valence-electron chi connectivity index (χ2n) is 5.67. The highest BCUT2D eigenvalue weighted by Crippen LogP contribution is 2.15. The molecule has 0 aliphatic carbocycles. The SMILES string of the molecule is CCN(C)CCNC(=NC)NCc1ccc(COCC(F)(F)F)cc1.I. The number of hydrogen-bond acceptors (Lipinski definition) is 3. The zero-order chi connectivity index (χ0) is 18.7.